The lowest BCUT2D eigenvalue weighted by Crippen LogP contribution is -2.30. The molecule has 376 valence electrons. The smallest absolute Gasteiger partial charge is 0.306 e. The maximum Gasteiger partial charge on any atom is 0.306 e. The topological polar surface area (TPSA) is 78.9 Å². The molecular weight excluding hydrogens is 817 g/mol. The van der Waals surface area contributed by atoms with Crippen molar-refractivity contribution in [3.05, 3.63) is 97.2 Å². The molecule has 6 heteroatoms. The summed E-state index contributed by atoms with van der Waals surface area (Å²) < 4.78 is 16.8. The number of rotatable bonds is 48. The van der Waals surface area contributed by atoms with Crippen LogP contribution in [0, 0.1) is 0 Å². The van der Waals surface area contributed by atoms with Crippen LogP contribution in [-0.4, -0.2) is 37.2 Å². The molecule has 1 atom stereocenters. The van der Waals surface area contributed by atoms with Gasteiger partial charge in [-0.15, -0.1) is 0 Å². The van der Waals surface area contributed by atoms with Crippen molar-refractivity contribution < 1.29 is 28.6 Å². The predicted octanol–water partition coefficient (Wildman–Crippen LogP) is 18.1. The Labute approximate surface area is 407 Å². The summed E-state index contributed by atoms with van der Waals surface area (Å²) in [6.45, 7) is 6.41. The molecule has 0 aliphatic carbocycles. The Bertz CT molecular complexity index is 1330. The number of ether oxygens (including phenoxy) is 3. The Hall–Kier alpha value is -3.67. The highest BCUT2D eigenvalue weighted by atomic mass is 16.6. The minimum Gasteiger partial charge on any atom is -0.462 e. The van der Waals surface area contributed by atoms with Crippen molar-refractivity contribution in [2.75, 3.05) is 13.2 Å². The number of unbranched alkanes of at least 4 members (excludes halogenated alkanes) is 23. The molecule has 0 bridgehead atoms. The first-order chi connectivity index (χ1) is 32.5. The summed E-state index contributed by atoms with van der Waals surface area (Å²) >= 11 is 0. The van der Waals surface area contributed by atoms with Gasteiger partial charge >= 0.3 is 17.9 Å². The Morgan fingerprint density at radius 2 is 0.667 bits per heavy atom. The van der Waals surface area contributed by atoms with Crippen LogP contribution in [0.4, 0.5) is 0 Å². The average molecular weight is 917 g/mol. The van der Waals surface area contributed by atoms with Crippen molar-refractivity contribution in [1.29, 1.82) is 0 Å². The summed E-state index contributed by atoms with van der Waals surface area (Å²) in [7, 11) is 0. The van der Waals surface area contributed by atoms with Gasteiger partial charge in [-0.2, -0.15) is 0 Å². The third-order valence-electron chi connectivity index (χ3n) is 11.4. The molecule has 0 radical (unpaired) electrons. The molecule has 0 aromatic carbocycles. The lowest BCUT2D eigenvalue weighted by Gasteiger charge is -2.18. The standard InChI is InChI=1S/C60H100O6/c1-4-7-10-13-16-19-22-25-27-29-31-32-35-38-41-44-47-50-53-59(62)65-56-57(55-64-58(61)52-49-46-43-40-37-34-24-21-18-15-12-9-6-3)66-60(63)54-51-48-45-42-39-36-33-30-28-26-23-20-17-14-11-8-5-2/h9,12,15,17-18,20-21,24,26,28,31-33,36,42,45,57H,4-8,10-11,13-14,16,19,22-23,25,27,29-30,34-35,37-41,43-44,46-56H2,1-3H3/b12-9+,18-15+,20-17+,24-21+,28-26+,32-31+,36-33+,45-42+. The number of carbonyl (C=O) groups is 3. The lowest BCUT2D eigenvalue weighted by molar-refractivity contribution is -0.167. The molecule has 0 aromatic rings. The maximum atomic E-state index is 12.8. The van der Waals surface area contributed by atoms with E-state index in [0.29, 0.717) is 19.3 Å². The first kappa shape index (κ1) is 62.3. The second kappa shape index (κ2) is 53.9. The minimum atomic E-state index is -0.819. The third kappa shape index (κ3) is 51.3. The Balaban J connectivity index is 4.50. The summed E-state index contributed by atoms with van der Waals surface area (Å²) in [5, 5.41) is 0. The molecule has 0 saturated carbocycles. The quantitative estimate of drug-likeness (QED) is 0.0199. The van der Waals surface area contributed by atoms with Crippen LogP contribution >= 0.6 is 0 Å². The zero-order valence-corrected chi connectivity index (χ0v) is 42.9. The zero-order chi connectivity index (χ0) is 47.9. The average Bonchev–Trinajstić information content (AvgIpc) is 3.31. The molecule has 0 aliphatic heterocycles. The van der Waals surface area contributed by atoms with E-state index in [1.54, 1.807) is 0 Å². The van der Waals surface area contributed by atoms with Gasteiger partial charge in [-0.25, -0.2) is 0 Å². The Morgan fingerprint density at radius 1 is 0.333 bits per heavy atom. The van der Waals surface area contributed by atoms with Gasteiger partial charge in [-0.3, -0.25) is 14.4 Å². The molecule has 0 heterocycles. The zero-order valence-electron chi connectivity index (χ0n) is 42.9. The van der Waals surface area contributed by atoms with E-state index in [9.17, 15) is 14.4 Å². The molecule has 0 fully saturated rings. The van der Waals surface area contributed by atoms with Gasteiger partial charge in [0, 0.05) is 19.3 Å². The third-order valence-corrected chi connectivity index (χ3v) is 11.4. The molecule has 0 N–H and O–H groups in total. The highest BCUT2D eigenvalue weighted by molar-refractivity contribution is 5.71. The minimum absolute atomic E-state index is 0.111. The Kier molecular flexibility index (Phi) is 50.9. The van der Waals surface area contributed by atoms with Crippen molar-refractivity contribution in [3.8, 4) is 0 Å². The van der Waals surface area contributed by atoms with Gasteiger partial charge in [-0.1, -0.05) is 221 Å². The molecule has 0 rings (SSSR count). The largest absolute Gasteiger partial charge is 0.462 e. The SMILES string of the molecule is CC/C=C/C=C/C=C/CCCCCCCC(=O)OCC(COC(=O)CCCCCCC/C=C/CCCCCCCCCCC)OC(=O)CCC/C=C/C/C=C/C/C=C/C/C=C/CCCCC. The highest BCUT2D eigenvalue weighted by Gasteiger charge is 2.19. The van der Waals surface area contributed by atoms with E-state index in [2.05, 4.69) is 118 Å². The maximum absolute atomic E-state index is 12.8. The van der Waals surface area contributed by atoms with Crippen LogP contribution in [0.1, 0.15) is 245 Å². The first-order valence-electron chi connectivity index (χ1n) is 27.3. The number of hydrogen-bond donors (Lipinski definition) is 0. The van der Waals surface area contributed by atoms with E-state index in [1.165, 1.54) is 96.3 Å². The van der Waals surface area contributed by atoms with Gasteiger partial charge in [0.2, 0.25) is 0 Å². The lowest BCUT2D eigenvalue weighted by atomic mass is 10.1. The molecule has 0 amide bonds. The van der Waals surface area contributed by atoms with E-state index >= 15 is 0 Å². The Morgan fingerprint density at radius 3 is 1.14 bits per heavy atom. The predicted molar refractivity (Wildman–Crippen MR) is 284 cm³/mol. The highest BCUT2D eigenvalue weighted by Crippen LogP contribution is 2.14. The number of carbonyl (C=O) groups excluding carboxylic acids is 3. The fourth-order valence-corrected chi connectivity index (χ4v) is 7.25. The summed E-state index contributed by atoms with van der Waals surface area (Å²) in [5.41, 5.74) is 0. The van der Waals surface area contributed by atoms with Crippen molar-refractivity contribution >= 4 is 17.9 Å². The van der Waals surface area contributed by atoms with Gasteiger partial charge < -0.3 is 14.2 Å². The summed E-state index contributed by atoms with van der Waals surface area (Å²) in [6, 6.07) is 0. The fourth-order valence-electron chi connectivity index (χ4n) is 7.25. The molecule has 0 aromatic heterocycles. The molecule has 0 saturated heterocycles. The van der Waals surface area contributed by atoms with Crippen molar-refractivity contribution in [1.82, 2.24) is 0 Å². The number of hydrogen-bond acceptors (Lipinski definition) is 6. The van der Waals surface area contributed by atoms with Gasteiger partial charge in [0.15, 0.2) is 6.10 Å². The summed E-state index contributed by atoms with van der Waals surface area (Å²) in [4.78, 5) is 38.0. The normalized spacial score (nSPS) is 12.8. The van der Waals surface area contributed by atoms with Crippen LogP contribution in [0.2, 0.25) is 0 Å². The number of esters is 3. The summed E-state index contributed by atoms with van der Waals surface area (Å²) in [5.74, 6) is -0.997. The molecule has 66 heavy (non-hydrogen) atoms. The second-order valence-corrected chi connectivity index (χ2v) is 17.8. The van der Waals surface area contributed by atoms with Crippen molar-refractivity contribution in [3.63, 3.8) is 0 Å². The van der Waals surface area contributed by atoms with Crippen LogP contribution in [0.3, 0.4) is 0 Å². The number of allylic oxidation sites excluding steroid dienone is 16. The van der Waals surface area contributed by atoms with E-state index in [-0.39, 0.29) is 37.5 Å². The van der Waals surface area contributed by atoms with Crippen LogP contribution < -0.4 is 0 Å². The van der Waals surface area contributed by atoms with Crippen molar-refractivity contribution in [2.45, 2.75) is 252 Å². The van der Waals surface area contributed by atoms with Crippen LogP contribution in [0.5, 0.6) is 0 Å². The second-order valence-electron chi connectivity index (χ2n) is 17.8. The summed E-state index contributed by atoms with van der Waals surface area (Å²) in [6.07, 6.45) is 71.1. The van der Waals surface area contributed by atoms with Gasteiger partial charge in [0.05, 0.1) is 0 Å². The molecule has 0 aliphatic rings. The first-order valence-corrected chi connectivity index (χ1v) is 27.3. The van der Waals surface area contributed by atoms with E-state index in [0.717, 1.165) is 103 Å². The van der Waals surface area contributed by atoms with Crippen LogP contribution in [0.15, 0.2) is 97.2 Å². The van der Waals surface area contributed by atoms with Gasteiger partial charge in [0.1, 0.15) is 13.2 Å². The van der Waals surface area contributed by atoms with E-state index in [4.69, 9.17) is 14.2 Å². The molecule has 1 unspecified atom stereocenters. The van der Waals surface area contributed by atoms with Gasteiger partial charge in [-0.05, 0) is 103 Å². The van der Waals surface area contributed by atoms with Crippen LogP contribution in [0.25, 0.3) is 0 Å². The molecular formula is C60H100O6. The monoisotopic (exact) mass is 917 g/mol. The van der Waals surface area contributed by atoms with E-state index in [1.807, 2.05) is 0 Å². The van der Waals surface area contributed by atoms with Crippen LogP contribution in [-0.2, 0) is 28.6 Å². The molecule has 0 spiro atoms. The fraction of sp³-hybridized carbons (Fsp3) is 0.683. The van der Waals surface area contributed by atoms with Gasteiger partial charge in [0.25, 0.3) is 0 Å². The van der Waals surface area contributed by atoms with E-state index < -0.39 is 6.10 Å². The van der Waals surface area contributed by atoms with Crippen molar-refractivity contribution in [2.24, 2.45) is 0 Å². The molecule has 6 nitrogen and oxygen atoms in total.